The van der Waals surface area contributed by atoms with Crippen LogP contribution in [0, 0.1) is 0 Å². The summed E-state index contributed by atoms with van der Waals surface area (Å²) in [6.07, 6.45) is -0.188. The van der Waals surface area contributed by atoms with E-state index in [4.69, 9.17) is 32.7 Å². The van der Waals surface area contributed by atoms with E-state index in [1.54, 1.807) is 13.8 Å². The predicted molar refractivity (Wildman–Crippen MR) is 68.2 cm³/mol. The van der Waals surface area contributed by atoms with Crippen molar-refractivity contribution in [3.05, 3.63) is 27.7 Å². The topological polar surface area (TPSA) is 35.5 Å². The van der Waals surface area contributed by atoms with E-state index in [0.29, 0.717) is 28.0 Å². The molecule has 94 valence electrons. The molecule has 0 bridgehead atoms. The van der Waals surface area contributed by atoms with Crippen molar-refractivity contribution in [2.24, 2.45) is 0 Å². The van der Waals surface area contributed by atoms with Crippen molar-refractivity contribution in [3.8, 4) is 5.75 Å². The Morgan fingerprint density at radius 1 is 1.29 bits per heavy atom. The fraction of sp³-hybridized carbons (Fsp3) is 0.417. The zero-order valence-corrected chi connectivity index (χ0v) is 11.4. The van der Waals surface area contributed by atoms with E-state index >= 15 is 0 Å². The molecule has 0 N–H and O–H groups in total. The van der Waals surface area contributed by atoms with Gasteiger partial charge in [-0.2, -0.15) is 0 Å². The molecule has 0 spiro atoms. The van der Waals surface area contributed by atoms with Gasteiger partial charge in [-0.1, -0.05) is 23.2 Å². The van der Waals surface area contributed by atoms with Gasteiger partial charge < -0.3 is 9.47 Å². The molecule has 0 fully saturated rings. The number of hydrogen-bond acceptors (Lipinski definition) is 3. The van der Waals surface area contributed by atoms with Crippen molar-refractivity contribution in [2.75, 3.05) is 6.61 Å². The molecule has 0 aromatic heterocycles. The standard InChI is InChI=1S/C12H14Cl2O3/c1-4-16-11-9(13)5-8(6-10(11)14)12(15)17-7(2)3/h5-7H,4H2,1-3H3. The first-order valence-electron chi connectivity index (χ1n) is 5.28. The van der Waals surface area contributed by atoms with E-state index in [-0.39, 0.29) is 6.10 Å². The first-order valence-corrected chi connectivity index (χ1v) is 6.04. The van der Waals surface area contributed by atoms with Gasteiger partial charge in [-0.05, 0) is 32.9 Å². The third-order valence-electron chi connectivity index (χ3n) is 1.87. The number of halogens is 2. The monoisotopic (exact) mass is 276 g/mol. The maximum atomic E-state index is 11.6. The summed E-state index contributed by atoms with van der Waals surface area (Å²) in [7, 11) is 0. The molecular weight excluding hydrogens is 263 g/mol. The van der Waals surface area contributed by atoms with Crippen LogP contribution in [0.4, 0.5) is 0 Å². The van der Waals surface area contributed by atoms with E-state index in [9.17, 15) is 4.79 Å². The fourth-order valence-electron chi connectivity index (χ4n) is 1.24. The van der Waals surface area contributed by atoms with Crippen LogP contribution in [0.2, 0.25) is 10.0 Å². The second kappa shape index (κ2) is 6.12. The number of carbonyl (C=O) groups excluding carboxylic acids is 1. The average molecular weight is 277 g/mol. The lowest BCUT2D eigenvalue weighted by Gasteiger charge is -2.11. The van der Waals surface area contributed by atoms with Crippen LogP contribution in [0.15, 0.2) is 12.1 Å². The Morgan fingerprint density at radius 3 is 2.24 bits per heavy atom. The van der Waals surface area contributed by atoms with Crippen LogP contribution < -0.4 is 4.74 Å². The molecule has 0 saturated carbocycles. The zero-order valence-electron chi connectivity index (χ0n) is 9.92. The van der Waals surface area contributed by atoms with Gasteiger partial charge >= 0.3 is 5.97 Å². The molecule has 1 aromatic carbocycles. The Labute approximate surface area is 111 Å². The summed E-state index contributed by atoms with van der Waals surface area (Å²) in [5.74, 6) is -0.0659. The van der Waals surface area contributed by atoms with Crippen molar-refractivity contribution in [1.82, 2.24) is 0 Å². The molecule has 0 aliphatic rings. The molecular formula is C12H14Cl2O3. The maximum absolute atomic E-state index is 11.6. The van der Waals surface area contributed by atoms with Crippen LogP contribution in [0.3, 0.4) is 0 Å². The Hall–Kier alpha value is -0.930. The number of ether oxygens (including phenoxy) is 2. The Kier molecular flexibility index (Phi) is 5.09. The van der Waals surface area contributed by atoms with Crippen LogP contribution in [-0.4, -0.2) is 18.7 Å². The van der Waals surface area contributed by atoms with E-state index in [1.807, 2.05) is 6.92 Å². The van der Waals surface area contributed by atoms with Crippen LogP contribution in [0.25, 0.3) is 0 Å². The first kappa shape index (κ1) is 14.1. The maximum Gasteiger partial charge on any atom is 0.338 e. The number of rotatable bonds is 4. The summed E-state index contributed by atoms with van der Waals surface area (Å²) >= 11 is 12.0. The first-order chi connectivity index (χ1) is 7.95. The van der Waals surface area contributed by atoms with Crippen molar-refractivity contribution in [2.45, 2.75) is 26.9 Å². The number of carbonyl (C=O) groups is 1. The summed E-state index contributed by atoms with van der Waals surface area (Å²) in [5.41, 5.74) is 0.317. The van der Waals surface area contributed by atoms with E-state index in [2.05, 4.69) is 0 Å². The minimum Gasteiger partial charge on any atom is -0.491 e. The second-order valence-corrected chi connectivity index (χ2v) is 4.47. The number of hydrogen-bond donors (Lipinski definition) is 0. The highest BCUT2D eigenvalue weighted by atomic mass is 35.5. The van der Waals surface area contributed by atoms with E-state index < -0.39 is 5.97 Å². The third kappa shape index (κ3) is 3.79. The lowest BCUT2D eigenvalue weighted by molar-refractivity contribution is 0.0378. The molecule has 0 unspecified atom stereocenters. The third-order valence-corrected chi connectivity index (χ3v) is 2.43. The summed E-state index contributed by atoms with van der Waals surface area (Å²) < 4.78 is 10.3. The molecule has 17 heavy (non-hydrogen) atoms. The van der Waals surface area contributed by atoms with Gasteiger partial charge in [0.2, 0.25) is 0 Å². The average Bonchev–Trinajstić information content (AvgIpc) is 2.22. The minimum atomic E-state index is -0.452. The Morgan fingerprint density at radius 2 is 1.82 bits per heavy atom. The summed E-state index contributed by atoms with van der Waals surface area (Å²) in [4.78, 5) is 11.6. The molecule has 0 aliphatic carbocycles. The van der Waals surface area contributed by atoms with Crippen molar-refractivity contribution in [3.63, 3.8) is 0 Å². The van der Waals surface area contributed by atoms with Crippen LogP contribution in [0.5, 0.6) is 5.75 Å². The van der Waals surface area contributed by atoms with Crippen LogP contribution >= 0.6 is 23.2 Å². The van der Waals surface area contributed by atoms with Gasteiger partial charge in [-0.25, -0.2) is 4.79 Å². The molecule has 0 radical (unpaired) electrons. The second-order valence-electron chi connectivity index (χ2n) is 3.66. The Balaban J connectivity index is 3.01. The van der Waals surface area contributed by atoms with Gasteiger partial charge in [-0.3, -0.25) is 0 Å². The predicted octanol–water partition coefficient (Wildman–Crippen LogP) is 3.96. The quantitative estimate of drug-likeness (QED) is 0.781. The molecule has 0 heterocycles. The highest BCUT2D eigenvalue weighted by Gasteiger charge is 2.15. The normalized spacial score (nSPS) is 10.5. The van der Waals surface area contributed by atoms with Crippen molar-refractivity contribution < 1.29 is 14.3 Å². The molecule has 0 amide bonds. The van der Waals surface area contributed by atoms with Crippen LogP contribution in [0.1, 0.15) is 31.1 Å². The van der Waals surface area contributed by atoms with Crippen molar-refractivity contribution >= 4 is 29.2 Å². The van der Waals surface area contributed by atoms with E-state index in [0.717, 1.165) is 0 Å². The molecule has 1 aromatic rings. The SMILES string of the molecule is CCOc1c(Cl)cc(C(=O)OC(C)C)cc1Cl. The van der Waals surface area contributed by atoms with Gasteiger partial charge in [0.25, 0.3) is 0 Å². The van der Waals surface area contributed by atoms with Gasteiger partial charge in [0.05, 0.1) is 28.3 Å². The Bertz CT molecular complexity index is 393. The molecule has 5 heteroatoms. The van der Waals surface area contributed by atoms with Crippen LogP contribution in [-0.2, 0) is 4.74 Å². The van der Waals surface area contributed by atoms with Gasteiger partial charge in [0.15, 0.2) is 5.75 Å². The summed E-state index contributed by atoms with van der Waals surface area (Å²) in [6.45, 7) is 5.83. The van der Waals surface area contributed by atoms with Gasteiger partial charge in [-0.15, -0.1) is 0 Å². The molecule has 0 aliphatic heterocycles. The zero-order chi connectivity index (χ0) is 13.0. The minimum absolute atomic E-state index is 0.188. The molecule has 0 saturated heterocycles. The highest BCUT2D eigenvalue weighted by Crippen LogP contribution is 2.34. The fourth-order valence-corrected chi connectivity index (χ4v) is 1.84. The molecule has 1 rings (SSSR count). The molecule has 3 nitrogen and oxygen atoms in total. The van der Waals surface area contributed by atoms with Gasteiger partial charge in [0.1, 0.15) is 0 Å². The van der Waals surface area contributed by atoms with E-state index in [1.165, 1.54) is 12.1 Å². The smallest absolute Gasteiger partial charge is 0.338 e. The van der Waals surface area contributed by atoms with Crippen molar-refractivity contribution in [1.29, 1.82) is 0 Å². The largest absolute Gasteiger partial charge is 0.491 e. The number of benzene rings is 1. The highest BCUT2D eigenvalue weighted by molar-refractivity contribution is 6.37. The summed E-state index contributed by atoms with van der Waals surface area (Å²) in [5, 5.41) is 0.602. The number of esters is 1. The lowest BCUT2D eigenvalue weighted by atomic mass is 10.2. The lowest BCUT2D eigenvalue weighted by Crippen LogP contribution is -2.11. The summed E-state index contributed by atoms with van der Waals surface area (Å²) in [6, 6.07) is 2.98. The van der Waals surface area contributed by atoms with Gasteiger partial charge in [0, 0.05) is 0 Å². The molecule has 0 atom stereocenters.